The lowest BCUT2D eigenvalue weighted by Crippen LogP contribution is -2.36. The second kappa shape index (κ2) is 8.77. The predicted octanol–water partition coefficient (Wildman–Crippen LogP) is 4.05. The van der Waals surface area contributed by atoms with Crippen LogP contribution in [0.4, 0.5) is 0 Å². The lowest BCUT2D eigenvalue weighted by Gasteiger charge is -2.22. The Morgan fingerprint density at radius 2 is 1.50 bits per heavy atom. The number of rotatable bonds is 9. The summed E-state index contributed by atoms with van der Waals surface area (Å²) in [5, 5.41) is 0. The molecule has 0 N–H and O–H groups in total. The summed E-state index contributed by atoms with van der Waals surface area (Å²) in [6.45, 7) is 2.64. The average Bonchev–Trinajstić information content (AvgIpc) is 2.65. The molecule has 5 heteroatoms. The number of hydrogen-bond donors (Lipinski definition) is 0. The molecule has 0 saturated carbocycles. The molecule has 0 aliphatic carbocycles. The van der Waals surface area contributed by atoms with E-state index in [-0.39, 0.29) is 5.78 Å². The molecule has 24 heavy (non-hydrogen) atoms. The van der Waals surface area contributed by atoms with Crippen LogP contribution >= 0.6 is 0 Å². The largest absolute Gasteiger partial charge is 0.494 e. The number of hydrogen-bond acceptors (Lipinski definition) is 4. The maximum Gasteiger partial charge on any atom is 0.334 e. The Morgan fingerprint density at radius 3 is 2.08 bits per heavy atom. The molecule has 0 heterocycles. The zero-order valence-electron chi connectivity index (χ0n) is 14.5. The molecule has 0 saturated heterocycles. The van der Waals surface area contributed by atoms with Gasteiger partial charge in [0.15, 0.2) is 5.78 Å². The van der Waals surface area contributed by atoms with Crippen LogP contribution in [-0.2, 0) is 8.85 Å². The SMILES string of the molecule is CO[Si](C)(CCCOc1ccc(C(=O)c2ccccc2)cc1)OC. The Balaban J connectivity index is 1.85. The van der Waals surface area contributed by atoms with Crippen LogP contribution in [0.2, 0.25) is 12.6 Å². The first kappa shape index (κ1) is 18.4. The smallest absolute Gasteiger partial charge is 0.334 e. The van der Waals surface area contributed by atoms with Crippen molar-refractivity contribution < 1.29 is 18.4 Å². The number of carbonyl (C=O) groups excluding carboxylic acids is 1. The standard InChI is InChI=1S/C19H24O4Si/c1-21-24(3,22-2)15-7-14-23-18-12-10-17(11-13-18)19(20)16-8-5-4-6-9-16/h4-6,8-13H,7,14-15H2,1-3H3. The molecule has 128 valence electrons. The third-order valence-electron chi connectivity index (χ3n) is 4.06. The topological polar surface area (TPSA) is 44.8 Å². The Hall–Kier alpha value is -1.95. The normalized spacial score (nSPS) is 11.3. The van der Waals surface area contributed by atoms with Crippen molar-refractivity contribution in [3.63, 3.8) is 0 Å². The monoisotopic (exact) mass is 344 g/mol. The molecule has 4 nitrogen and oxygen atoms in total. The van der Waals surface area contributed by atoms with Crippen LogP contribution in [0.15, 0.2) is 54.6 Å². The molecule has 0 aliphatic rings. The molecule has 2 aromatic carbocycles. The van der Waals surface area contributed by atoms with Crippen LogP contribution in [0.1, 0.15) is 22.3 Å². The minimum absolute atomic E-state index is 0.0177. The quantitative estimate of drug-likeness (QED) is 0.391. The molecular formula is C19H24O4Si. The summed E-state index contributed by atoms with van der Waals surface area (Å²) >= 11 is 0. The lowest BCUT2D eigenvalue weighted by molar-refractivity contribution is 0.103. The van der Waals surface area contributed by atoms with Crippen molar-refractivity contribution in [2.45, 2.75) is 19.0 Å². The molecule has 0 unspecified atom stereocenters. The fourth-order valence-electron chi connectivity index (χ4n) is 2.33. The van der Waals surface area contributed by atoms with Crippen molar-refractivity contribution in [3.8, 4) is 5.75 Å². The Bertz CT molecular complexity index is 636. The van der Waals surface area contributed by atoms with Gasteiger partial charge in [0.05, 0.1) is 6.61 Å². The first-order chi connectivity index (χ1) is 11.6. The Labute approximate surface area is 144 Å². The molecule has 0 aliphatic heterocycles. The Morgan fingerprint density at radius 1 is 0.917 bits per heavy atom. The number of ketones is 1. The van der Waals surface area contributed by atoms with Crippen LogP contribution < -0.4 is 4.74 Å². The molecule has 0 atom stereocenters. The third kappa shape index (κ3) is 5.02. The average molecular weight is 344 g/mol. The Kier molecular flexibility index (Phi) is 6.72. The predicted molar refractivity (Wildman–Crippen MR) is 96.9 cm³/mol. The number of carbonyl (C=O) groups is 1. The maximum absolute atomic E-state index is 12.3. The summed E-state index contributed by atoms with van der Waals surface area (Å²) in [7, 11) is 1.37. The van der Waals surface area contributed by atoms with Gasteiger partial charge in [-0.25, -0.2) is 0 Å². The van der Waals surface area contributed by atoms with Gasteiger partial charge in [0.1, 0.15) is 5.75 Å². The van der Waals surface area contributed by atoms with Crippen LogP contribution in [0.5, 0.6) is 5.75 Å². The van der Waals surface area contributed by atoms with E-state index in [9.17, 15) is 4.79 Å². The molecule has 0 bridgehead atoms. The van der Waals surface area contributed by atoms with E-state index in [1.807, 2.05) is 49.0 Å². The highest BCUT2D eigenvalue weighted by Gasteiger charge is 2.27. The zero-order chi connectivity index (χ0) is 17.4. The molecule has 0 amide bonds. The van der Waals surface area contributed by atoms with E-state index in [4.69, 9.17) is 13.6 Å². The summed E-state index contributed by atoms with van der Waals surface area (Å²) in [5.41, 5.74) is 1.35. The van der Waals surface area contributed by atoms with E-state index < -0.39 is 8.56 Å². The highest BCUT2D eigenvalue weighted by molar-refractivity contribution is 6.65. The first-order valence-electron chi connectivity index (χ1n) is 8.01. The fourth-order valence-corrected chi connectivity index (χ4v) is 3.69. The second-order valence-corrected chi connectivity index (χ2v) is 9.30. The van der Waals surface area contributed by atoms with Crippen molar-refractivity contribution in [2.75, 3.05) is 20.8 Å². The van der Waals surface area contributed by atoms with Gasteiger partial charge in [-0.1, -0.05) is 30.3 Å². The van der Waals surface area contributed by atoms with E-state index in [1.54, 1.807) is 26.4 Å². The molecule has 2 aromatic rings. The third-order valence-corrected chi connectivity index (χ3v) is 7.05. The van der Waals surface area contributed by atoms with E-state index in [1.165, 1.54) is 0 Å². The second-order valence-electron chi connectivity index (χ2n) is 5.71. The van der Waals surface area contributed by atoms with Gasteiger partial charge < -0.3 is 13.6 Å². The van der Waals surface area contributed by atoms with E-state index in [0.717, 1.165) is 18.2 Å². The van der Waals surface area contributed by atoms with Crippen LogP contribution in [0, 0.1) is 0 Å². The molecule has 0 fully saturated rings. The summed E-state index contributed by atoms with van der Waals surface area (Å²) in [4.78, 5) is 12.3. The van der Waals surface area contributed by atoms with Gasteiger partial charge in [0, 0.05) is 25.3 Å². The van der Waals surface area contributed by atoms with Gasteiger partial charge in [-0.15, -0.1) is 0 Å². The van der Waals surface area contributed by atoms with Crippen LogP contribution in [-0.4, -0.2) is 35.2 Å². The molecule has 0 radical (unpaired) electrons. The van der Waals surface area contributed by atoms with Crippen molar-refractivity contribution in [3.05, 3.63) is 65.7 Å². The van der Waals surface area contributed by atoms with E-state index in [0.29, 0.717) is 17.7 Å². The summed E-state index contributed by atoms with van der Waals surface area (Å²) in [6, 6.07) is 17.4. The minimum atomic E-state index is -2.02. The first-order valence-corrected chi connectivity index (χ1v) is 10.5. The maximum atomic E-state index is 12.3. The number of benzene rings is 2. The lowest BCUT2D eigenvalue weighted by atomic mass is 10.0. The fraction of sp³-hybridized carbons (Fsp3) is 0.316. The minimum Gasteiger partial charge on any atom is -0.494 e. The van der Waals surface area contributed by atoms with Gasteiger partial charge in [0.2, 0.25) is 0 Å². The van der Waals surface area contributed by atoms with Gasteiger partial charge in [-0.3, -0.25) is 4.79 Å². The van der Waals surface area contributed by atoms with Crippen LogP contribution in [0.25, 0.3) is 0 Å². The summed E-state index contributed by atoms with van der Waals surface area (Å²) < 4.78 is 16.6. The van der Waals surface area contributed by atoms with E-state index in [2.05, 4.69) is 0 Å². The van der Waals surface area contributed by atoms with Crippen LogP contribution in [0.3, 0.4) is 0 Å². The molecule has 0 aromatic heterocycles. The van der Waals surface area contributed by atoms with E-state index >= 15 is 0 Å². The van der Waals surface area contributed by atoms with Crippen molar-refractivity contribution in [2.24, 2.45) is 0 Å². The van der Waals surface area contributed by atoms with Gasteiger partial charge in [-0.05, 0) is 43.3 Å². The zero-order valence-corrected chi connectivity index (χ0v) is 15.5. The number of ether oxygens (including phenoxy) is 1. The van der Waals surface area contributed by atoms with Crippen molar-refractivity contribution in [1.82, 2.24) is 0 Å². The van der Waals surface area contributed by atoms with Gasteiger partial charge in [-0.2, -0.15) is 0 Å². The molecular weight excluding hydrogens is 320 g/mol. The van der Waals surface area contributed by atoms with Gasteiger partial charge >= 0.3 is 8.56 Å². The van der Waals surface area contributed by atoms with Crippen molar-refractivity contribution in [1.29, 1.82) is 0 Å². The molecule has 0 spiro atoms. The highest BCUT2D eigenvalue weighted by atomic mass is 28.4. The van der Waals surface area contributed by atoms with Gasteiger partial charge in [0.25, 0.3) is 0 Å². The highest BCUT2D eigenvalue weighted by Crippen LogP contribution is 2.17. The summed E-state index contributed by atoms with van der Waals surface area (Å²) in [5.74, 6) is 0.780. The van der Waals surface area contributed by atoms with Crippen molar-refractivity contribution >= 4 is 14.3 Å². The summed E-state index contributed by atoms with van der Waals surface area (Å²) in [6.07, 6.45) is 0.870. The molecule has 2 rings (SSSR count).